The molecule has 4 nitrogen and oxygen atoms in total. The van der Waals surface area contributed by atoms with Crippen LogP contribution in [0.2, 0.25) is 0 Å². The lowest BCUT2D eigenvalue weighted by atomic mass is 9.99. The van der Waals surface area contributed by atoms with Crippen molar-refractivity contribution in [1.82, 2.24) is 5.43 Å². The molecule has 0 aliphatic carbocycles. The van der Waals surface area contributed by atoms with Crippen molar-refractivity contribution < 1.29 is 9.47 Å². The van der Waals surface area contributed by atoms with E-state index in [1.54, 1.807) is 0 Å². The third-order valence-corrected chi connectivity index (χ3v) is 3.15. The Morgan fingerprint density at radius 2 is 1.79 bits per heavy atom. The van der Waals surface area contributed by atoms with Crippen molar-refractivity contribution in [3.63, 3.8) is 0 Å². The normalized spacial score (nSPS) is 12.9. The van der Waals surface area contributed by atoms with Crippen LogP contribution in [0.3, 0.4) is 0 Å². The molecule has 0 saturated heterocycles. The Morgan fingerprint density at radius 3 is 2.32 bits per heavy atom. The van der Waals surface area contributed by atoms with Crippen molar-refractivity contribution in [3.8, 4) is 0 Å². The van der Waals surface area contributed by atoms with E-state index >= 15 is 0 Å². The van der Waals surface area contributed by atoms with Crippen molar-refractivity contribution in [2.45, 2.75) is 46.4 Å². The second-order valence-electron chi connectivity index (χ2n) is 4.69. The van der Waals surface area contributed by atoms with Gasteiger partial charge in [-0.3, -0.25) is 11.3 Å². The summed E-state index contributed by atoms with van der Waals surface area (Å²) in [7, 11) is 0. The Labute approximate surface area is 116 Å². The molecule has 0 spiro atoms. The number of rotatable bonds is 8. The summed E-state index contributed by atoms with van der Waals surface area (Å²) in [6, 6.07) is 6.38. The zero-order chi connectivity index (χ0) is 14.3. The number of nitrogens with one attached hydrogen (secondary N) is 1. The van der Waals surface area contributed by atoms with Crippen LogP contribution in [0.25, 0.3) is 0 Å². The van der Waals surface area contributed by atoms with Gasteiger partial charge in [0, 0.05) is 13.2 Å². The van der Waals surface area contributed by atoms with Gasteiger partial charge in [-0.2, -0.15) is 0 Å². The van der Waals surface area contributed by atoms with Gasteiger partial charge in [-0.05, 0) is 45.2 Å². The van der Waals surface area contributed by atoms with Crippen LogP contribution in [0.5, 0.6) is 0 Å². The molecule has 0 heterocycles. The minimum Gasteiger partial charge on any atom is -0.351 e. The van der Waals surface area contributed by atoms with Gasteiger partial charge in [0.2, 0.25) is 0 Å². The Balaban J connectivity index is 2.81. The number of hydrogen-bond acceptors (Lipinski definition) is 4. The molecule has 0 aromatic heterocycles. The number of aryl methyl sites for hydroxylation is 2. The SMILES string of the molecule is CCOC(OCC)C(Cc1cc(C)ccc1C)NN. The molecule has 0 amide bonds. The molecule has 108 valence electrons. The van der Waals surface area contributed by atoms with E-state index in [4.69, 9.17) is 15.3 Å². The fourth-order valence-electron chi connectivity index (χ4n) is 2.10. The molecule has 0 bridgehead atoms. The van der Waals surface area contributed by atoms with Crippen molar-refractivity contribution >= 4 is 0 Å². The quantitative estimate of drug-likeness (QED) is 0.430. The van der Waals surface area contributed by atoms with Crippen LogP contribution in [-0.4, -0.2) is 25.5 Å². The van der Waals surface area contributed by atoms with Crippen molar-refractivity contribution in [1.29, 1.82) is 0 Å². The first kappa shape index (κ1) is 16.1. The van der Waals surface area contributed by atoms with Crippen molar-refractivity contribution in [2.24, 2.45) is 5.84 Å². The third kappa shape index (κ3) is 4.91. The molecule has 1 rings (SSSR count). The van der Waals surface area contributed by atoms with Gasteiger partial charge in [0.05, 0.1) is 6.04 Å². The Kier molecular flexibility index (Phi) is 7.02. The van der Waals surface area contributed by atoms with Crippen LogP contribution in [0.15, 0.2) is 18.2 Å². The maximum Gasteiger partial charge on any atom is 0.174 e. The highest BCUT2D eigenvalue weighted by atomic mass is 16.7. The molecule has 0 radical (unpaired) electrons. The smallest absolute Gasteiger partial charge is 0.174 e. The number of ether oxygens (including phenoxy) is 2. The van der Waals surface area contributed by atoms with Crippen LogP contribution in [0.4, 0.5) is 0 Å². The highest BCUT2D eigenvalue weighted by molar-refractivity contribution is 5.31. The predicted molar refractivity (Wildman–Crippen MR) is 77.8 cm³/mol. The zero-order valence-corrected chi connectivity index (χ0v) is 12.4. The van der Waals surface area contributed by atoms with E-state index in [1.807, 2.05) is 13.8 Å². The van der Waals surface area contributed by atoms with Crippen LogP contribution < -0.4 is 11.3 Å². The fourth-order valence-corrected chi connectivity index (χ4v) is 2.10. The minimum atomic E-state index is -0.320. The molecule has 1 aromatic rings. The highest BCUT2D eigenvalue weighted by Crippen LogP contribution is 2.15. The molecular formula is C15H26N2O2. The Morgan fingerprint density at radius 1 is 1.16 bits per heavy atom. The van der Waals surface area contributed by atoms with E-state index in [-0.39, 0.29) is 12.3 Å². The number of benzene rings is 1. The van der Waals surface area contributed by atoms with E-state index in [0.29, 0.717) is 13.2 Å². The molecule has 0 aliphatic heterocycles. The summed E-state index contributed by atoms with van der Waals surface area (Å²) in [6.45, 7) is 9.33. The topological polar surface area (TPSA) is 56.5 Å². The van der Waals surface area contributed by atoms with Gasteiger partial charge in [0.15, 0.2) is 6.29 Å². The lowest BCUT2D eigenvalue weighted by Crippen LogP contribution is -2.48. The summed E-state index contributed by atoms with van der Waals surface area (Å²) >= 11 is 0. The molecule has 19 heavy (non-hydrogen) atoms. The van der Waals surface area contributed by atoms with Crippen LogP contribution in [-0.2, 0) is 15.9 Å². The average molecular weight is 266 g/mol. The monoisotopic (exact) mass is 266 g/mol. The maximum atomic E-state index is 5.66. The molecule has 1 atom stereocenters. The highest BCUT2D eigenvalue weighted by Gasteiger charge is 2.22. The maximum absolute atomic E-state index is 5.66. The van der Waals surface area contributed by atoms with Gasteiger partial charge >= 0.3 is 0 Å². The Bertz CT molecular complexity index is 376. The van der Waals surface area contributed by atoms with Gasteiger partial charge in [0.1, 0.15) is 0 Å². The van der Waals surface area contributed by atoms with Gasteiger partial charge in [-0.15, -0.1) is 0 Å². The fraction of sp³-hybridized carbons (Fsp3) is 0.600. The molecule has 1 unspecified atom stereocenters. The lowest BCUT2D eigenvalue weighted by molar-refractivity contribution is -0.153. The molecule has 1 aromatic carbocycles. The van der Waals surface area contributed by atoms with Gasteiger partial charge in [-0.25, -0.2) is 0 Å². The van der Waals surface area contributed by atoms with E-state index in [1.165, 1.54) is 16.7 Å². The number of hydrogen-bond donors (Lipinski definition) is 2. The average Bonchev–Trinajstić information content (AvgIpc) is 2.39. The van der Waals surface area contributed by atoms with Gasteiger partial charge in [-0.1, -0.05) is 23.8 Å². The van der Waals surface area contributed by atoms with Crippen LogP contribution in [0, 0.1) is 13.8 Å². The number of nitrogens with two attached hydrogens (primary N) is 1. The van der Waals surface area contributed by atoms with Crippen LogP contribution in [0.1, 0.15) is 30.5 Å². The summed E-state index contributed by atoms with van der Waals surface area (Å²) in [6.07, 6.45) is 0.467. The standard InChI is InChI=1S/C15H26N2O2/c1-5-18-15(19-6-2)14(17-16)10-13-9-11(3)7-8-12(13)4/h7-9,14-15,17H,5-6,10,16H2,1-4H3. The van der Waals surface area contributed by atoms with Gasteiger partial charge in [0.25, 0.3) is 0 Å². The van der Waals surface area contributed by atoms with E-state index < -0.39 is 0 Å². The molecule has 4 heteroatoms. The first-order chi connectivity index (χ1) is 9.12. The predicted octanol–water partition coefficient (Wildman–Crippen LogP) is 2.08. The summed E-state index contributed by atoms with van der Waals surface area (Å²) in [4.78, 5) is 0. The first-order valence-corrected chi connectivity index (χ1v) is 6.87. The third-order valence-electron chi connectivity index (χ3n) is 3.15. The second-order valence-corrected chi connectivity index (χ2v) is 4.69. The van der Waals surface area contributed by atoms with Crippen molar-refractivity contribution in [2.75, 3.05) is 13.2 Å². The summed E-state index contributed by atoms with van der Waals surface area (Å²) in [5.41, 5.74) is 6.60. The van der Waals surface area contributed by atoms with Crippen LogP contribution >= 0.6 is 0 Å². The largest absolute Gasteiger partial charge is 0.351 e. The molecule has 0 saturated carbocycles. The van der Waals surface area contributed by atoms with E-state index in [2.05, 4.69) is 37.5 Å². The zero-order valence-electron chi connectivity index (χ0n) is 12.4. The van der Waals surface area contributed by atoms with Crippen molar-refractivity contribution in [3.05, 3.63) is 34.9 Å². The molecule has 0 aliphatic rings. The summed E-state index contributed by atoms with van der Waals surface area (Å²) in [5.74, 6) is 5.66. The van der Waals surface area contributed by atoms with E-state index in [9.17, 15) is 0 Å². The summed E-state index contributed by atoms with van der Waals surface area (Å²) < 4.78 is 11.2. The minimum absolute atomic E-state index is 0.0552. The first-order valence-electron chi connectivity index (χ1n) is 6.87. The Hall–Kier alpha value is -0.940. The van der Waals surface area contributed by atoms with E-state index in [0.717, 1.165) is 6.42 Å². The second kappa shape index (κ2) is 8.27. The molecule has 3 N–H and O–H groups in total. The molecular weight excluding hydrogens is 240 g/mol. The molecule has 0 fully saturated rings. The lowest BCUT2D eigenvalue weighted by Gasteiger charge is -2.26. The van der Waals surface area contributed by atoms with Gasteiger partial charge < -0.3 is 9.47 Å². The number of hydrazine groups is 1. The summed E-state index contributed by atoms with van der Waals surface area (Å²) in [5, 5.41) is 0.